The van der Waals surface area contributed by atoms with Crippen LogP contribution in [0.4, 0.5) is 0 Å². The van der Waals surface area contributed by atoms with Crippen molar-refractivity contribution in [2.75, 3.05) is 6.54 Å². The lowest BCUT2D eigenvalue weighted by molar-refractivity contribution is 0.0997. The fourth-order valence-electron chi connectivity index (χ4n) is 0.832. The first-order chi connectivity index (χ1) is 6.15. The Balaban J connectivity index is 2.90. The second-order valence-electron chi connectivity index (χ2n) is 2.36. The second-order valence-corrected chi connectivity index (χ2v) is 3.44. The molecule has 0 fully saturated rings. The molecule has 70 valence electrons. The summed E-state index contributed by atoms with van der Waals surface area (Å²) in [5, 5.41) is 0.791. The molecule has 0 heterocycles. The molecule has 0 aliphatic rings. The molecular weight excluding hydrogens is 232 g/mol. The summed E-state index contributed by atoms with van der Waals surface area (Å²) in [7, 11) is 0. The number of carbonyl (C=O) groups is 1. The number of Topliss-reactive ketones (excluding diaryl/α,β-unsaturated/α-hetero) is 1. The zero-order valence-electron chi connectivity index (χ0n) is 6.48. The third kappa shape index (κ3) is 2.85. The van der Waals surface area contributed by atoms with Gasteiger partial charge in [0.05, 0.1) is 16.6 Å². The molecule has 1 aromatic rings. The van der Waals surface area contributed by atoms with Gasteiger partial charge in [0.2, 0.25) is 0 Å². The Labute approximate surface area is 90.9 Å². The van der Waals surface area contributed by atoms with Crippen molar-refractivity contribution in [2.45, 2.75) is 0 Å². The van der Waals surface area contributed by atoms with Crippen molar-refractivity contribution in [3.63, 3.8) is 0 Å². The molecule has 1 aromatic carbocycles. The highest BCUT2D eigenvalue weighted by Gasteiger charge is 2.06. The van der Waals surface area contributed by atoms with Gasteiger partial charge < -0.3 is 0 Å². The van der Waals surface area contributed by atoms with Gasteiger partial charge in [-0.3, -0.25) is 4.79 Å². The quantitative estimate of drug-likeness (QED) is 0.648. The first kappa shape index (κ1) is 10.8. The zero-order chi connectivity index (χ0) is 9.84. The summed E-state index contributed by atoms with van der Waals surface area (Å²) in [5.74, 6) is -0.131. The van der Waals surface area contributed by atoms with E-state index in [0.717, 1.165) is 0 Å². The van der Waals surface area contributed by atoms with E-state index in [2.05, 4.69) is 4.84 Å². The Morgan fingerprint density at radius 2 is 2.00 bits per heavy atom. The average molecular weight is 239 g/mol. The lowest BCUT2D eigenvalue weighted by atomic mass is 10.1. The molecule has 13 heavy (non-hydrogen) atoms. The molecule has 0 bridgehead atoms. The minimum Gasteiger partial charge on any atom is -0.293 e. The molecule has 0 radical (unpaired) electrons. The minimum absolute atomic E-state index is 0.0690. The molecule has 0 atom stereocenters. The molecule has 0 aliphatic carbocycles. The van der Waals surface area contributed by atoms with Gasteiger partial charge in [-0.2, -0.15) is 0 Å². The van der Waals surface area contributed by atoms with Crippen LogP contribution in [0.15, 0.2) is 18.2 Å². The summed E-state index contributed by atoms with van der Waals surface area (Å²) in [6.07, 6.45) is 0. The fraction of sp³-hybridized carbons (Fsp3) is 0.125. The molecule has 0 amide bonds. The molecule has 0 aliphatic heterocycles. The predicted molar refractivity (Wildman–Crippen MR) is 54.6 cm³/mol. The van der Waals surface area contributed by atoms with Crippen LogP contribution in [-0.2, 0) is 0 Å². The number of halogens is 3. The second kappa shape index (κ2) is 4.82. The van der Waals surface area contributed by atoms with Gasteiger partial charge in [-0.1, -0.05) is 23.2 Å². The molecule has 1 N–H and O–H groups in total. The lowest BCUT2D eigenvalue weighted by Gasteiger charge is -2.00. The van der Waals surface area contributed by atoms with Crippen LogP contribution in [0.5, 0.6) is 0 Å². The molecule has 0 saturated carbocycles. The van der Waals surface area contributed by atoms with Crippen molar-refractivity contribution >= 4 is 40.8 Å². The molecule has 2 nitrogen and oxygen atoms in total. The van der Waals surface area contributed by atoms with E-state index in [0.29, 0.717) is 15.6 Å². The van der Waals surface area contributed by atoms with Crippen LogP contribution >= 0.6 is 35.0 Å². The maximum absolute atomic E-state index is 11.3. The van der Waals surface area contributed by atoms with E-state index in [-0.39, 0.29) is 12.3 Å². The van der Waals surface area contributed by atoms with Crippen LogP contribution in [0, 0.1) is 0 Å². The normalized spacial score (nSPS) is 10.1. The Morgan fingerprint density at radius 3 is 2.54 bits per heavy atom. The first-order valence-electron chi connectivity index (χ1n) is 3.47. The van der Waals surface area contributed by atoms with E-state index in [1.54, 1.807) is 12.1 Å². The van der Waals surface area contributed by atoms with E-state index in [1.807, 2.05) is 0 Å². The van der Waals surface area contributed by atoms with Gasteiger partial charge in [0.15, 0.2) is 5.78 Å². The number of ketones is 1. The third-order valence-electron chi connectivity index (χ3n) is 1.47. The van der Waals surface area contributed by atoms with Gasteiger partial charge >= 0.3 is 0 Å². The van der Waals surface area contributed by atoms with Crippen molar-refractivity contribution in [3.8, 4) is 0 Å². The predicted octanol–water partition coefficient (Wildman–Crippen LogP) is 2.92. The highest BCUT2D eigenvalue weighted by molar-refractivity contribution is 6.42. The van der Waals surface area contributed by atoms with Crippen LogP contribution in [0.2, 0.25) is 10.0 Å². The molecule has 1 rings (SSSR count). The summed E-state index contributed by atoms with van der Waals surface area (Å²) in [5.41, 5.74) is 0.488. The minimum atomic E-state index is -0.131. The van der Waals surface area contributed by atoms with Gasteiger partial charge in [-0.25, -0.2) is 4.84 Å². The molecule has 0 unspecified atom stereocenters. The van der Waals surface area contributed by atoms with E-state index < -0.39 is 0 Å². The summed E-state index contributed by atoms with van der Waals surface area (Å²) in [6, 6.07) is 4.69. The van der Waals surface area contributed by atoms with Gasteiger partial charge in [0.25, 0.3) is 0 Å². The SMILES string of the molecule is O=C(CNCl)c1ccc(Cl)c(Cl)c1. The van der Waals surface area contributed by atoms with Crippen molar-refractivity contribution in [1.82, 2.24) is 4.84 Å². The molecular formula is C8H6Cl3NO. The van der Waals surface area contributed by atoms with Gasteiger partial charge in [-0.15, -0.1) is 0 Å². The average Bonchev–Trinajstić information content (AvgIpc) is 2.10. The van der Waals surface area contributed by atoms with Gasteiger partial charge in [-0.05, 0) is 30.0 Å². The zero-order valence-corrected chi connectivity index (χ0v) is 8.75. The number of nitrogens with one attached hydrogen (secondary N) is 1. The van der Waals surface area contributed by atoms with Gasteiger partial charge in [0, 0.05) is 5.56 Å². The third-order valence-corrected chi connectivity index (χ3v) is 2.34. The fourth-order valence-corrected chi connectivity index (χ4v) is 1.25. The summed E-state index contributed by atoms with van der Waals surface area (Å²) in [4.78, 5) is 13.5. The first-order valence-corrected chi connectivity index (χ1v) is 4.60. The van der Waals surface area contributed by atoms with Crippen molar-refractivity contribution in [1.29, 1.82) is 0 Å². The van der Waals surface area contributed by atoms with Crippen LogP contribution in [0.25, 0.3) is 0 Å². The molecule has 5 heteroatoms. The van der Waals surface area contributed by atoms with Crippen LogP contribution in [0.1, 0.15) is 10.4 Å². The number of hydrogen-bond acceptors (Lipinski definition) is 2. The van der Waals surface area contributed by atoms with Crippen LogP contribution in [0.3, 0.4) is 0 Å². The highest BCUT2D eigenvalue weighted by Crippen LogP contribution is 2.22. The van der Waals surface area contributed by atoms with Crippen molar-refractivity contribution < 1.29 is 4.79 Å². The number of hydrogen-bond donors (Lipinski definition) is 1. The standard InChI is InChI=1S/C8H6Cl3NO/c9-6-2-1-5(3-7(6)10)8(13)4-12-11/h1-3,12H,4H2. The van der Waals surface area contributed by atoms with E-state index in [1.165, 1.54) is 6.07 Å². The number of rotatable bonds is 3. The summed E-state index contributed by atoms with van der Waals surface area (Å²) < 4.78 is 0. The maximum atomic E-state index is 11.3. The van der Waals surface area contributed by atoms with Crippen LogP contribution < -0.4 is 4.84 Å². The summed E-state index contributed by atoms with van der Waals surface area (Å²) in [6.45, 7) is 0.0690. The van der Waals surface area contributed by atoms with E-state index in [4.69, 9.17) is 35.0 Å². The van der Waals surface area contributed by atoms with Crippen LogP contribution in [-0.4, -0.2) is 12.3 Å². The Bertz CT molecular complexity index is 327. The van der Waals surface area contributed by atoms with E-state index >= 15 is 0 Å². The molecule has 0 saturated heterocycles. The summed E-state index contributed by atoms with van der Waals surface area (Å²) >= 11 is 16.6. The monoisotopic (exact) mass is 237 g/mol. The van der Waals surface area contributed by atoms with Crippen molar-refractivity contribution in [3.05, 3.63) is 33.8 Å². The number of benzene rings is 1. The smallest absolute Gasteiger partial charge is 0.177 e. The lowest BCUT2D eigenvalue weighted by Crippen LogP contribution is -2.14. The Hall–Kier alpha value is -0.280. The maximum Gasteiger partial charge on any atom is 0.177 e. The molecule has 0 aromatic heterocycles. The van der Waals surface area contributed by atoms with Gasteiger partial charge in [0.1, 0.15) is 0 Å². The Morgan fingerprint density at radius 1 is 1.31 bits per heavy atom. The highest BCUT2D eigenvalue weighted by atomic mass is 35.5. The van der Waals surface area contributed by atoms with Crippen molar-refractivity contribution in [2.24, 2.45) is 0 Å². The Kier molecular flexibility index (Phi) is 4.00. The largest absolute Gasteiger partial charge is 0.293 e. The topological polar surface area (TPSA) is 29.1 Å². The number of carbonyl (C=O) groups excluding carboxylic acids is 1. The van der Waals surface area contributed by atoms with E-state index in [9.17, 15) is 4.79 Å². The molecule has 0 spiro atoms.